The molecule has 1 aromatic carbocycles. The monoisotopic (exact) mass is 212 g/mol. The summed E-state index contributed by atoms with van der Waals surface area (Å²) in [6.07, 6.45) is 0. The van der Waals surface area contributed by atoms with Crippen LogP contribution in [0, 0.1) is 0 Å². The molecule has 0 saturated carbocycles. The van der Waals surface area contributed by atoms with Gasteiger partial charge >= 0.3 is 0 Å². The van der Waals surface area contributed by atoms with E-state index in [4.69, 9.17) is 17.3 Å². The first-order chi connectivity index (χ1) is 6.57. The number of anilines is 1. The van der Waals surface area contributed by atoms with Gasteiger partial charge in [-0.25, -0.2) is 0 Å². The first-order valence-corrected chi connectivity index (χ1v) is 5.20. The summed E-state index contributed by atoms with van der Waals surface area (Å²) in [5.74, 6) is 0. The third-order valence-electron chi connectivity index (χ3n) is 2.37. The van der Waals surface area contributed by atoms with Crippen LogP contribution >= 0.6 is 11.6 Å². The molecule has 0 bridgehead atoms. The molecule has 0 fully saturated rings. The lowest BCUT2D eigenvalue weighted by atomic mass is 10.1. The SMILES string of the molecule is CCN(C)c1cccc(Cl)c1C(C)N. The average Bonchev–Trinajstić information content (AvgIpc) is 2.15. The van der Waals surface area contributed by atoms with Crippen molar-refractivity contribution in [3.63, 3.8) is 0 Å². The summed E-state index contributed by atoms with van der Waals surface area (Å²) in [7, 11) is 2.04. The van der Waals surface area contributed by atoms with Gasteiger partial charge in [0.1, 0.15) is 0 Å². The first kappa shape index (κ1) is 11.3. The Morgan fingerprint density at radius 3 is 2.64 bits per heavy atom. The lowest BCUT2D eigenvalue weighted by Crippen LogP contribution is -2.20. The van der Waals surface area contributed by atoms with Gasteiger partial charge in [0.2, 0.25) is 0 Å². The zero-order valence-corrected chi connectivity index (χ0v) is 9.67. The quantitative estimate of drug-likeness (QED) is 0.835. The molecule has 1 aromatic rings. The predicted molar refractivity (Wildman–Crippen MR) is 63.0 cm³/mol. The van der Waals surface area contributed by atoms with E-state index in [0.29, 0.717) is 0 Å². The zero-order chi connectivity index (χ0) is 10.7. The Bertz CT molecular complexity index is 310. The average molecular weight is 213 g/mol. The van der Waals surface area contributed by atoms with Crippen molar-refractivity contribution in [1.82, 2.24) is 0 Å². The van der Waals surface area contributed by atoms with Gasteiger partial charge in [-0.3, -0.25) is 0 Å². The van der Waals surface area contributed by atoms with Gasteiger partial charge in [0.15, 0.2) is 0 Å². The molecule has 0 saturated heterocycles. The molecule has 0 heterocycles. The summed E-state index contributed by atoms with van der Waals surface area (Å²) < 4.78 is 0. The van der Waals surface area contributed by atoms with Gasteiger partial charge in [0.25, 0.3) is 0 Å². The highest BCUT2D eigenvalue weighted by Crippen LogP contribution is 2.30. The Morgan fingerprint density at radius 2 is 2.14 bits per heavy atom. The van der Waals surface area contributed by atoms with Crippen LogP contribution in [0.4, 0.5) is 5.69 Å². The normalized spacial score (nSPS) is 12.6. The molecule has 0 aliphatic heterocycles. The maximum absolute atomic E-state index is 6.12. The van der Waals surface area contributed by atoms with Crippen molar-refractivity contribution in [2.24, 2.45) is 5.73 Å². The molecule has 1 unspecified atom stereocenters. The van der Waals surface area contributed by atoms with Crippen LogP contribution < -0.4 is 10.6 Å². The second-order valence-electron chi connectivity index (χ2n) is 3.48. The molecule has 3 heteroatoms. The van der Waals surface area contributed by atoms with Crippen LogP contribution in [0.5, 0.6) is 0 Å². The summed E-state index contributed by atoms with van der Waals surface area (Å²) in [6, 6.07) is 5.85. The molecule has 2 nitrogen and oxygen atoms in total. The molecular weight excluding hydrogens is 196 g/mol. The van der Waals surface area contributed by atoms with Gasteiger partial charge in [-0.05, 0) is 26.0 Å². The van der Waals surface area contributed by atoms with E-state index >= 15 is 0 Å². The van der Waals surface area contributed by atoms with Gasteiger partial charge in [0.05, 0.1) is 0 Å². The summed E-state index contributed by atoms with van der Waals surface area (Å²) in [5, 5.41) is 0.748. The summed E-state index contributed by atoms with van der Waals surface area (Å²) >= 11 is 6.12. The Morgan fingerprint density at radius 1 is 1.50 bits per heavy atom. The van der Waals surface area contributed by atoms with E-state index < -0.39 is 0 Å². The molecule has 2 N–H and O–H groups in total. The molecule has 0 spiro atoms. The van der Waals surface area contributed by atoms with Crippen molar-refractivity contribution in [2.45, 2.75) is 19.9 Å². The van der Waals surface area contributed by atoms with Crippen LogP contribution in [0.15, 0.2) is 18.2 Å². The minimum absolute atomic E-state index is 0.0345. The fraction of sp³-hybridized carbons (Fsp3) is 0.455. The molecular formula is C11H17ClN2. The van der Waals surface area contributed by atoms with Gasteiger partial charge in [-0.15, -0.1) is 0 Å². The summed E-state index contributed by atoms with van der Waals surface area (Å²) in [5.41, 5.74) is 8.04. The van der Waals surface area contributed by atoms with E-state index in [0.717, 1.165) is 22.8 Å². The maximum Gasteiger partial charge on any atom is 0.0474 e. The molecule has 0 aromatic heterocycles. The number of hydrogen-bond acceptors (Lipinski definition) is 2. The smallest absolute Gasteiger partial charge is 0.0474 e. The van der Waals surface area contributed by atoms with E-state index in [2.05, 4.69) is 11.8 Å². The number of rotatable bonds is 3. The van der Waals surface area contributed by atoms with Crippen LogP contribution in [0.25, 0.3) is 0 Å². The van der Waals surface area contributed by atoms with Gasteiger partial charge < -0.3 is 10.6 Å². The Labute approximate surface area is 90.7 Å². The van der Waals surface area contributed by atoms with Crippen molar-refractivity contribution in [3.05, 3.63) is 28.8 Å². The molecule has 14 heavy (non-hydrogen) atoms. The van der Waals surface area contributed by atoms with Crippen molar-refractivity contribution in [3.8, 4) is 0 Å². The van der Waals surface area contributed by atoms with Gasteiger partial charge in [-0.2, -0.15) is 0 Å². The molecule has 0 aliphatic rings. The standard InChI is InChI=1S/C11H17ClN2/c1-4-14(3)10-7-5-6-9(12)11(10)8(2)13/h5-8H,4,13H2,1-3H3. The van der Waals surface area contributed by atoms with Crippen LogP contribution in [0.1, 0.15) is 25.5 Å². The van der Waals surface area contributed by atoms with Crippen molar-refractivity contribution < 1.29 is 0 Å². The highest BCUT2D eigenvalue weighted by Gasteiger charge is 2.12. The summed E-state index contributed by atoms with van der Waals surface area (Å²) in [4.78, 5) is 2.14. The van der Waals surface area contributed by atoms with E-state index in [9.17, 15) is 0 Å². The van der Waals surface area contributed by atoms with E-state index in [1.54, 1.807) is 0 Å². The largest absolute Gasteiger partial charge is 0.375 e. The Hall–Kier alpha value is -0.730. The number of nitrogens with zero attached hydrogens (tertiary/aromatic N) is 1. The fourth-order valence-electron chi connectivity index (χ4n) is 1.48. The molecule has 0 radical (unpaired) electrons. The number of hydrogen-bond donors (Lipinski definition) is 1. The van der Waals surface area contributed by atoms with Crippen LogP contribution in [-0.4, -0.2) is 13.6 Å². The van der Waals surface area contributed by atoms with Crippen LogP contribution in [-0.2, 0) is 0 Å². The van der Waals surface area contributed by atoms with Gasteiger partial charge in [-0.1, -0.05) is 17.7 Å². The Kier molecular flexibility index (Phi) is 3.78. The summed E-state index contributed by atoms with van der Waals surface area (Å²) in [6.45, 7) is 5.00. The van der Waals surface area contributed by atoms with Gasteiger partial charge in [0, 0.05) is 35.9 Å². The van der Waals surface area contributed by atoms with Crippen molar-refractivity contribution in [2.75, 3.05) is 18.5 Å². The molecule has 1 atom stereocenters. The molecule has 0 aliphatic carbocycles. The van der Waals surface area contributed by atoms with Crippen molar-refractivity contribution >= 4 is 17.3 Å². The minimum atomic E-state index is -0.0345. The number of nitrogens with two attached hydrogens (primary N) is 1. The second kappa shape index (κ2) is 4.67. The van der Waals surface area contributed by atoms with E-state index in [1.807, 2.05) is 32.2 Å². The molecule has 1 rings (SSSR count). The third kappa shape index (κ3) is 2.20. The number of benzene rings is 1. The Balaban J connectivity index is 3.21. The van der Waals surface area contributed by atoms with E-state index in [-0.39, 0.29) is 6.04 Å². The van der Waals surface area contributed by atoms with E-state index in [1.165, 1.54) is 0 Å². The zero-order valence-electron chi connectivity index (χ0n) is 8.92. The third-order valence-corrected chi connectivity index (χ3v) is 2.70. The van der Waals surface area contributed by atoms with Crippen LogP contribution in [0.3, 0.4) is 0 Å². The molecule has 0 amide bonds. The van der Waals surface area contributed by atoms with Crippen LogP contribution in [0.2, 0.25) is 5.02 Å². The predicted octanol–water partition coefficient (Wildman–Crippen LogP) is 2.82. The minimum Gasteiger partial charge on any atom is -0.375 e. The first-order valence-electron chi connectivity index (χ1n) is 4.83. The topological polar surface area (TPSA) is 29.3 Å². The van der Waals surface area contributed by atoms with Crippen molar-refractivity contribution in [1.29, 1.82) is 0 Å². The fourth-order valence-corrected chi connectivity index (χ4v) is 1.82. The lowest BCUT2D eigenvalue weighted by molar-refractivity contribution is 0.806. The maximum atomic E-state index is 6.12. The highest BCUT2D eigenvalue weighted by molar-refractivity contribution is 6.31. The lowest BCUT2D eigenvalue weighted by Gasteiger charge is -2.23. The highest BCUT2D eigenvalue weighted by atomic mass is 35.5. The molecule has 78 valence electrons. The second-order valence-corrected chi connectivity index (χ2v) is 3.88. The number of halogens is 1.